The maximum Gasteiger partial charge on any atom is 0.141 e. The van der Waals surface area contributed by atoms with Crippen LogP contribution in [0.5, 0.6) is 0 Å². The summed E-state index contributed by atoms with van der Waals surface area (Å²) in [6.45, 7) is 3.23. The van der Waals surface area contributed by atoms with E-state index in [2.05, 4.69) is 21.0 Å². The molecule has 0 unspecified atom stereocenters. The SMILES string of the molecule is CCCCCCCCCCCCCCCC[N+](C)(C)c1ccccc1C(=O)[O-]. The molecule has 0 atom stereocenters. The Labute approximate surface area is 173 Å². The number of rotatable bonds is 17. The van der Waals surface area contributed by atoms with Crippen molar-refractivity contribution in [2.45, 2.75) is 96.8 Å². The lowest BCUT2D eigenvalue weighted by molar-refractivity contribution is -0.255. The average molecular weight is 390 g/mol. The summed E-state index contributed by atoms with van der Waals surface area (Å²) in [4.78, 5) is 11.3. The summed E-state index contributed by atoms with van der Waals surface area (Å²) in [6, 6.07) is 7.24. The van der Waals surface area contributed by atoms with Gasteiger partial charge in [0.1, 0.15) is 5.69 Å². The lowest BCUT2D eigenvalue weighted by Gasteiger charge is -2.31. The van der Waals surface area contributed by atoms with Crippen LogP contribution in [0, 0.1) is 0 Å². The first-order valence-corrected chi connectivity index (χ1v) is 11.6. The summed E-state index contributed by atoms with van der Waals surface area (Å²) in [5.41, 5.74) is 1.16. The third-order valence-corrected chi connectivity index (χ3v) is 5.85. The van der Waals surface area contributed by atoms with Crippen LogP contribution in [-0.4, -0.2) is 26.6 Å². The van der Waals surface area contributed by atoms with Gasteiger partial charge in [0.15, 0.2) is 0 Å². The fourth-order valence-corrected chi connectivity index (χ4v) is 4.00. The smallest absolute Gasteiger partial charge is 0.141 e. The minimum absolute atomic E-state index is 0.317. The number of carbonyl (C=O) groups excluding carboxylic acids is 1. The standard InChI is InChI=1S/C25H43NO2/c1-4-5-6-7-8-9-10-11-12-13-14-15-16-19-22-26(2,3)24-21-18-17-20-23(24)25(27)28/h17-18,20-21H,4-16,19,22H2,1-3H3. The van der Waals surface area contributed by atoms with Crippen molar-refractivity contribution in [3.05, 3.63) is 29.8 Å². The molecule has 1 aromatic carbocycles. The van der Waals surface area contributed by atoms with Gasteiger partial charge in [-0.25, -0.2) is 0 Å². The van der Waals surface area contributed by atoms with E-state index < -0.39 is 5.97 Å². The van der Waals surface area contributed by atoms with Crippen LogP contribution in [0.2, 0.25) is 0 Å². The third kappa shape index (κ3) is 10.3. The molecule has 0 aliphatic carbocycles. The van der Waals surface area contributed by atoms with E-state index >= 15 is 0 Å². The summed E-state index contributed by atoms with van der Waals surface area (Å²) < 4.78 is 0.600. The van der Waals surface area contributed by atoms with Crippen LogP contribution in [0.3, 0.4) is 0 Å². The zero-order chi connectivity index (χ0) is 20.7. The van der Waals surface area contributed by atoms with Crippen molar-refractivity contribution >= 4 is 11.7 Å². The Balaban J connectivity index is 2.06. The van der Waals surface area contributed by atoms with Crippen molar-refractivity contribution in [2.75, 3.05) is 20.6 Å². The number of hydrogen-bond acceptors (Lipinski definition) is 2. The second-order valence-electron chi connectivity index (χ2n) is 8.81. The van der Waals surface area contributed by atoms with E-state index in [1.807, 2.05) is 12.1 Å². The molecule has 3 nitrogen and oxygen atoms in total. The highest BCUT2D eigenvalue weighted by atomic mass is 16.4. The van der Waals surface area contributed by atoms with Crippen LogP contribution in [0.4, 0.5) is 5.69 Å². The van der Waals surface area contributed by atoms with Crippen LogP contribution >= 0.6 is 0 Å². The van der Waals surface area contributed by atoms with Crippen LogP contribution in [0.1, 0.15) is 107 Å². The quantitative estimate of drug-likeness (QED) is 0.239. The Hall–Kier alpha value is -1.35. The zero-order valence-corrected chi connectivity index (χ0v) is 18.7. The summed E-state index contributed by atoms with van der Waals surface area (Å²) in [5, 5.41) is 11.3. The molecule has 0 N–H and O–H groups in total. The second-order valence-corrected chi connectivity index (χ2v) is 8.81. The Morgan fingerprint density at radius 1 is 0.750 bits per heavy atom. The molecule has 0 radical (unpaired) electrons. The number of nitrogens with zero attached hydrogens (tertiary/aromatic N) is 1. The first-order chi connectivity index (χ1) is 13.5. The fourth-order valence-electron chi connectivity index (χ4n) is 4.00. The molecule has 0 spiro atoms. The molecule has 160 valence electrons. The van der Waals surface area contributed by atoms with Gasteiger partial charge in [0.05, 0.1) is 32.2 Å². The first-order valence-electron chi connectivity index (χ1n) is 11.6. The minimum atomic E-state index is -1.08. The summed E-state index contributed by atoms with van der Waals surface area (Å²) >= 11 is 0. The van der Waals surface area contributed by atoms with E-state index in [1.54, 1.807) is 12.1 Å². The van der Waals surface area contributed by atoms with E-state index in [4.69, 9.17) is 0 Å². The van der Waals surface area contributed by atoms with Crippen molar-refractivity contribution < 1.29 is 9.90 Å². The van der Waals surface area contributed by atoms with Gasteiger partial charge in [-0.15, -0.1) is 0 Å². The van der Waals surface area contributed by atoms with E-state index in [9.17, 15) is 9.90 Å². The molecule has 0 saturated carbocycles. The molecule has 1 rings (SSSR count). The molecule has 0 aromatic heterocycles. The van der Waals surface area contributed by atoms with E-state index in [-0.39, 0.29) is 0 Å². The molecule has 3 heteroatoms. The van der Waals surface area contributed by atoms with Crippen LogP contribution in [-0.2, 0) is 0 Å². The second kappa shape index (κ2) is 14.6. The largest absolute Gasteiger partial charge is 0.545 e. The minimum Gasteiger partial charge on any atom is -0.545 e. The lowest BCUT2D eigenvalue weighted by Crippen LogP contribution is -2.43. The van der Waals surface area contributed by atoms with E-state index in [0.29, 0.717) is 10.0 Å². The van der Waals surface area contributed by atoms with Crippen LogP contribution in [0.25, 0.3) is 0 Å². The predicted octanol–water partition coefficient (Wildman–Crippen LogP) is 6.10. The van der Waals surface area contributed by atoms with Gasteiger partial charge in [-0.2, -0.15) is 0 Å². The maximum absolute atomic E-state index is 11.3. The van der Waals surface area contributed by atoms with E-state index in [1.165, 1.54) is 83.5 Å². The third-order valence-electron chi connectivity index (χ3n) is 5.85. The van der Waals surface area contributed by atoms with Gasteiger partial charge in [-0.1, -0.05) is 96.1 Å². The number of benzene rings is 1. The molecule has 28 heavy (non-hydrogen) atoms. The highest BCUT2D eigenvalue weighted by Gasteiger charge is 2.22. The number of carbonyl (C=O) groups is 1. The predicted molar refractivity (Wildman–Crippen MR) is 120 cm³/mol. The van der Waals surface area contributed by atoms with Gasteiger partial charge >= 0.3 is 0 Å². The summed E-state index contributed by atoms with van der Waals surface area (Å²) in [5.74, 6) is -1.08. The molecule has 0 aliphatic rings. The lowest BCUT2D eigenvalue weighted by atomic mass is 10.0. The Morgan fingerprint density at radius 3 is 1.64 bits per heavy atom. The van der Waals surface area contributed by atoms with Gasteiger partial charge in [0.2, 0.25) is 0 Å². The molecular weight excluding hydrogens is 346 g/mol. The molecule has 0 aliphatic heterocycles. The highest BCUT2D eigenvalue weighted by molar-refractivity contribution is 5.92. The van der Waals surface area contributed by atoms with Crippen molar-refractivity contribution in [1.82, 2.24) is 4.48 Å². The van der Waals surface area contributed by atoms with Crippen molar-refractivity contribution in [2.24, 2.45) is 0 Å². The number of quaternary nitrogens is 1. The number of unbranched alkanes of at least 4 members (excludes halogenated alkanes) is 13. The highest BCUT2D eigenvalue weighted by Crippen LogP contribution is 2.24. The first kappa shape index (κ1) is 24.7. The maximum atomic E-state index is 11.3. The molecule has 0 amide bonds. The van der Waals surface area contributed by atoms with Gasteiger partial charge in [-0.05, 0) is 25.0 Å². The number of carboxylic acids is 1. The Bertz CT molecular complexity index is 539. The van der Waals surface area contributed by atoms with Gasteiger partial charge in [0, 0.05) is 0 Å². The molecule has 0 fully saturated rings. The number of carboxylic acid groups (broad SMARTS) is 1. The summed E-state index contributed by atoms with van der Waals surface area (Å²) in [7, 11) is 4.17. The van der Waals surface area contributed by atoms with Crippen molar-refractivity contribution in [3.8, 4) is 0 Å². The average Bonchev–Trinajstić information content (AvgIpc) is 2.68. The van der Waals surface area contributed by atoms with Crippen molar-refractivity contribution in [1.29, 1.82) is 0 Å². The number of para-hydroxylation sites is 1. The topological polar surface area (TPSA) is 40.1 Å². The number of aromatic carboxylic acids is 1. The molecule has 1 aromatic rings. The normalized spacial score (nSPS) is 11.7. The van der Waals surface area contributed by atoms with E-state index in [0.717, 1.165) is 18.7 Å². The fraction of sp³-hybridized carbons (Fsp3) is 0.720. The monoisotopic (exact) mass is 389 g/mol. The molecular formula is C25H43NO2. The Morgan fingerprint density at radius 2 is 1.18 bits per heavy atom. The summed E-state index contributed by atoms with van der Waals surface area (Å²) in [6.07, 6.45) is 19.0. The zero-order valence-electron chi connectivity index (χ0n) is 18.7. The van der Waals surface area contributed by atoms with Gasteiger partial charge in [-0.3, -0.25) is 4.48 Å². The number of hydrogen-bond donors (Lipinski definition) is 0. The van der Waals surface area contributed by atoms with Gasteiger partial charge in [0.25, 0.3) is 0 Å². The Kier molecular flexibility index (Phi) is 12.9. The van der Waals surface area contributed by atoms with Crippen LogP contribution < -0.4 is 9.59 Å². The van der Waals surface area contributed by atoms with Gasteiger partial charge < -0.3 is 9.90 Å². The molecule has 0 heterocycles. The van der Waals surface area contributed by atoms with Crippen molar-refractivity contribution in [3.63, 3.8) is 0 Å². The molecule has 0 bridgehead atoms. The molecule has 0 saturated heterocycles. The van der Waals surface area contributed by atoms with Crippen LogP contribution in [0.15, 0.2) is 24.3 Å².